The lowest BCUT2D eigenvalue weighted by Crippen LogP contribution is -2.21. The minimum Gasteiger partial charge on any atom is -0.487 e. The molecule has 0 bridgehead atoms. The van der Waals surface area contributed by atoms with Crippen LogP contribution in [0, 0.1) is 18.6 Å². The van der Waals surface area contributed by atoms with E-state index in [0.29, 0.717) is 17.8 Å². The van der Waals surface area contributed by atoms with Gasteiger partial charge in [0.05, 0.1) is 17.6 Å². The molecule has 3 heterocycles. The summed E-state index contributed by atoms with van der Waals surface area (Å²) in [5.74, 6) is -1.28. The van der Waals surface area contributed by atoms with Gasteiger partial charge in [-0.15, -0.1) is 0 Å². The maximum atomic E-state index is 13.7. The summed E-state index contributed by atoms with van der Waals surface area (Å²) in [7, 11) is 1.68. The third-order valence-corrected chi connectivity index (χ3v) is 4.55. The van der Waals surface area contributed by atoms with Crippen molar-refractivity contribution in [3.8, 4) is 11.4 Å². The third kappa shape index (κ3) is 6.31. The highest BCUT2D eigenvalue weighted by Crippen LogP contribution is 2.20. The number of hydrogen-bond acceptors (Lipinski definition) is 5. The summed E-state index contributed by atoms with van der Waals surface area (Å²) in [6.07, 6.45) is 4.97. The Kier molecular flexibility index (Phi) is 9.22. The van der Waals surface area contributed by atoms with Gasteiger partial charge in [-0.3, -0.25) is 19.3 Å². The highest BCUT2D eigenvalue weighted by molar-refractivity contribution is 5.51. The largest absolute Gasteiger partial charge is 0.487 e. The average molecular weight is 443 g/mol. The summed E-state index contributed by atoms with van der Waals surface area (Å²) in [6.45, 7) is 10.0. The van der Waals surface area contributed by atoms with Gasteiger partial charge in [0, 0.05) is 43.8 Å². The van der Waals surface area contributed by atoms with Crippen LogP contribution in [0.3, 0.4) is 0 Å². The SMILES string of the molecule is C=Cc1cc(-n2c(C)cc(OCc3ncc(F)cc3F)cc2=O)c(CC)cn1.CCOC. The van der Waals surface area contributed by atoms with Crippen LogP contribution in [0.5, 0.6) is 5.75 Å². The number of methoxy groups -OCH3 is 1. The fourth-order valence-corrected chi connectivity index (χ4v) is 2.85. The van der Waals surface area contributed by atoms with E-state index in [2.05, 4.69) is 21.3 Å². The zero-order valence-electron chi connectivity index (χ0n) is 18.7. The molecule has 3 rings (SSSR count). The molecule has 3 aromatic heterocycles. The van der Waals surface area contributed by atoms with Crippen molar-refractivity contribution < 1.29 is 18.3 Å². The highest BCUT2D eigenvalue weighted by Gasteiger charge is 2.12. The van der Waals surface area contributed by atoms with Gasteiger partial charge in [0.25, 0.3) is 5.56 Å². The molecule has 170 valence electrons. The number of halogens is 2. The van der Waals surface area contributed by atoms with Gasteiger partial charge in [0.15, 0.2) is 5.82 Å². The lowest BCUT2D eigenvalue weighted by molar-refractivity contribution is 0.215. The molecule has 3 aromatic rings. The molecule has 0 radical (unpaired) electrons. The molecule has 0 unspecified atom stereocenters. The van der Waals surface area contributed by atoms with E-state index in [9.17, 15) is 13.6 Å². The van der Waals surface area contributed by atoms with Crippen LogP contribution >= 0.6 is 0 Å². The van der Waals surface area contributed by atoms with Gasteiger partial charge in [-0.1, -0.05) is 13.5 Å². The first-order valence-electron chi connectivity index (χ1n) is 10.1. The fraction of sp³-hybridized carbons (Fsp3) is 0.292. The first kappa shape index (κ1) is 24.9. The van der Waals surface area contributed by atoms with Gasteiger partial charge in [0.1, 0.15) is 23.9 Å². The Balaban J connectivity index is 0.000000837. The van der Waals surface area contributed by atoms with Crippen LogP contribution in [0.1, 0.15) is 36.5 Å². The number of nitrogens with zero attached hydrogens (tertiary/aromatic N) is 3. The summed E-state index contributed by atoms with van der Waals surface area (Å²) >= 11 is 0. The zero-order chi connectivity index (χ0) is 23.7. The lowest BCUT2D eigenvalue weighted by atomic mass is 10.1. The fourth-order valence-electron chi connectivity index (χ4n) is 2.85. The number of pyridine rings is 3. The van der Waals surface area contributed by atoms with Gasteiger partial charge in [0.2, 0.25) is 0 Å². The van der Waals surface area contributed by atoms with Gasteiger partial charge in [-0.25, -0.2) is 8.78 Å². The van der Waals surface area contributed by atoms with Crippen LogP contribution in [0.25, 0.3) is 11.8 Å². The van der Waals surface area contributed by atoms with E-state index in [-0.39, 0.29) is 23.6 Å². The van der Waals surface area contributed by atoms with Crippen molar-refractivity contribution in [1.82, 2.24) is 14.5 Å². The standard InChI is InChI=1S/C21H19F2N3O2.C3H8O/c1-4-14-10-24-16(5-2)8-20(14)26-13(3)6-17(9-21(26)27)28-12-19-18(23)7-15(22)11-25-19;1-3-4-2/h5-11H,2,4,12H2,1,3H3;3H2,1-2H3. The number of aryl methyl sites for hydroxylation is 2. The lowest BCUT2D eigenvalue weighted by Gasteiger charge is -2.16. The highest BCUT2D eigenvalue weighted by atomic mass is 19.1. The van der Waals surface area contributed by atoms with Crippen LogP contribution < -0.4 is 10.3 Å². The Morgan fingerprint density at radius 2 is 1.84 bits per heavy atom. The van der Waals surface area contributed by atoms with Gasteiger partial charge < -0.3 is 9.47 Å². The zero-order valence-corrected chi connectivity index (χ0v) is 18.7. The quantitative estimate of drug-likeness (QED) is 0.532. The van der Waals surface area contributed by atoms with Crippen LogP contribution in [0.4, 0.5) is 8.78 Å². The molecule has 0 aliphatic carbocycles. The maximum absolute atomic E-state index is 13.7. The van der Waals surface area contributed by atoms with E-state index in [1.807, 2.05) is 13.8 Å². The molecule has 0 aromatic carbocycles. The number of rotatable bonds is 7. The molecule has 0 saturated carbocycles. The Hall–Kier alpha value is -3.39. The summed E-state index contributed by atoms with van der Waals surface area (Å²) in [5, 5.41) is 0. The third-order valence-electron chi connectivity index (χ3n) is 4.55. The minimum absolute atomic E-state index is 0.0405. The summed E-state index contributed by atoms with van der Waals surface area (Å²) < 4.78 is 38.2. The van der Waals surface area contributed by atoms with Crippen molar-refractivity contribution in [2.45, 2.75) is 33.8 Å². The molecule has 0 spiro atoms. The summed E-state index contributed by atoms with van der Waals surface area (Å²) in [6, 6.07) is 5.54. The van der Waals surface area contributed by atoms with Crippen molar-refractivity contribution in [1.29, 1.82) is 0 Å². The molecule has 32 heavy (non-hydrogen) atoms. The van der Waals surface area contributed by atoms with Gasteiger partial charge in [-0.2, -0.15) is 0 Å². The number of aromatic nitrogens is 3. The van der Waals surface area contributed by atoms with E-state index in [0.717, 1.165) is 30.1 Å². The number of hydrogen-bond donors (Lipinski definition) is 0. The van der Waals surface area contributed by atoms with Crippen LogP contribution in [0.2, 0.25) is 0 Å². The van der Waals surface area contributed by atoms with Gasteiger partial charge in [-0.05, 0) is 38.0 Å². The monoisotopic (exact) mass is 443 g/mol. The summed E-state index contributed by atoms with van der Waals surface area (Å²) in [5.41, 5.74) is 2.62. The summed E-state index contributed by atoms with van der Waals surface area (Å²) in [4.78, 5) is 20.7. The van der Waals surface area contributed by atoms with Crippen LogP contribution in [-0.4, -0.2) is 28.3 Å². The predicted octanol–water partition coefficient (Wildman–Crippen LogP) is 4.65. The topological polar surface area (TPSA) is 66.2 Å². The molecule has 0 amide bonds. The van der Waals surface area contributed by atoms with Crippen LogP contribution in [-0.2, 0) is 17.8 Å². The Morgan fingerprint density at radius 3 is 2.41 bits per heavy atom. The van der Waals surface area contributed by atoms with Gasteiger partial charge >= 0.3 is 0 Å². The second-order valence-electron chi connectivity index (χ2n) is 6.75. The first-order valence-corrected chi connectivity index (χ1v) is 10.1. The number of ether oxygens (including phenoxy) is 2. The van der Waals surface area contributed by atoms with E-state index >= 15 is 0 Å². The predicted molar refractivity (Wildman–Crippen MR) is 120 cm³/mol. The maximum Gasteiger partial charge on any atom is 0.259 e. The van der Waals surface area contributed by atoms with Crippen molar-refractivity contribution in [3.05, 3.63) is 87.9 Å². The second-order valence-corrected chi connectivity index (χ2v) is 6.75. The van der Waals surface area contributed by atoms with Crippen molar-refractivity contribution in [2.75, 3.05) is 13.7 Å². The second kappa shape index (κ2) is 11.9. The van der Waals surface area contributed by atoms with E-state index < -0.39 is 11.6 Å². The minimum atomic E-state index is -0.800. The molecule has 0 N–H and O–H groups in total. The van der Waals surface area contributed by atoms with E-state index in [1.54, 1.807) is 43.0 Å². The molecule has 8 heteroatoms. The van der Waals surface area contributed by atoms with Crippen molar-refractivity contribution >= 4 is 6.08 Å². The van der Waals surface area contributed by atoms with E-state index in [1.165, 1.54) is 6.07 Å². The molecule has 0 fully saturated rings. The smallest absolute Gasteiger partial charge is 0.259 e. The van der Waals surface area contributed by atoms with E-state index in [4.69, 9.17) is 4.74 Å². The normalized spacial score (nSPS) is 10.3. The Morgan fingerprint density at radius 1 is 1.12 bits per heavy atom. The molecule has 0 aliphatic rings. The molecule has 0 atom stereocenters. The Bertz CT molecular complexity index is 1130. The molecule has 6 nitrogen and oxygen atoms in total. The van der Waals surface area contributed by atoms with Crippen molar-refractivity contribution in [2.24, 2.45) is 0 Å². The molecule has 0 aliphatic heterocycles. The van der Waals surface area contributed by atoms with Crippen LogP contribution in [0.15, 0.2) is 48.0 Å². The van der Waals surface area contributed by atoms with Crippen molar-refractivity contribution in [3.63, 3.8) is 0 Å². The molecular formula is C24H27F2N3O3. The average Bonchev–Trinajstić information content (AvgIpc) is 2.78. The molecular weight excluding hydrogens is 416 g/mol. The Labute approximate surface area is 186 Å². The first-order chi connectivity index (χ1) is 15.3. The molecule has 0 saturated heterocycles.